The molecule has 0 aliphatic heterocycles. The number of carboxylic acids is 2. The topological polar surface area (TPSA) is 74.6 Å². The fourth-order valence-electron chi connectivity index (χ4n) is 1.66. The molecule has 6 heteroatoms. The molecule has 0 saturated heterocycles. The molecule has 0 rings (SSSR count). The molecule has 0 heterocycles. The van der Waals surface area contributed by atoms with Crippen molar-refractivity contribution in [2.45, 2.75) is 58.3 Å². The molecule has 0 amide bonds. The van der Waals surface area contributed by atoms with E-state index in [4.69, 9.17) is 10.2 Å². The molecule has 2 N–H and O–H groups in total. The van der Waals surface area contributed by atoms with Crippen molar-refractivity contribution >= 4 is 11.9 Å². The molecule has 0 atom stereocenters. The Kier molecular flexibility index (Phi) is 22.7. The smallest absolute Gasteiger partial charge is 1.00 e. The summed E-state index contributed by atoms with van der Waals surface area (Å²) in [5.74, 6) is -3.67. The van der Waals surface area contributed by atoms with Crippen molar-refractivity contribution in [3.63, 3.8) is 0 Å². The largest absolute Gasteiger partial charge is 1.00 e. The van der Waals surface area contributed by atoms with Crippen molar-refractivity contribution in [3.05, 3.63) is 0 Å². The molecule has 0 bridgehead atoms. The number of rotatable bonds is 10. The Hall–Kier alpha value is 1.58. The van der Waals surface area contributed by atoms with E-state index in [-0.39, 0.29) is 90.2 Å². The molecular formula is C12H24KNaO4. The van der Waals surface area contributed by atoms with E-state index in [1.807, 2.05) is 0 Å². The molecule has 0 spiro atoms. The predicted octanol–water partition coefficient (Wildman–Crippen LogP) is -2.85. The third-order valence-electron chi connectivity index (χ3n) is 2.69. The molecule has 0 aliphatic rings. The van der Waals surface area contributed by atoms with Crippen LogP contribution in [0.2, 0.25) is 0 Å². The Morgan fingerprint density at radius 3 is 1.72 bits per heavy atom. The van der Waals surface area contributed by atoms with Gasteiger partial charge in [0.05, 0.1) is 0 Å². The summed E-state index contributed by atoms with van der Waals surface area (Å²) < 4.78 is 0. The minimum absolute atomic E-state index is 0. The Morgan fingerprint density at radius 2 is 1.33 bits per heavy atom. The quantitative estimate of drug-likeness (QED) is 0.258. The maximum Gasteiger partial charge on any atom is 1.00 e. The van der Waals surface area contributed by atoms with Crippen LogP contribution in [0, 0.1) is 5.92 Å². The van der Waals surface area contributed by atoms with Gasteiger partial charge in [-0.25, -0.2) is 0 Å². The van der Waals surface area contributed by atoms with Crippen molar-refractivity contribution in [1.29, 1.82) is 0 Å². The van der Waals surface area contributed by atoms with Gasteiger partial charge in [-0.1, -0.05) is 51.9 Å². The third kappa shape index (κ3) is 14.0. The molecule has 0 unspecified atom stereocenters. The van der Waals surface area contributed by atoms with Gasteiger partial charge in [0.25, 0.3) is 0 Å². The average molecular weight is 294 g/mol. The second-order valence-electron chi connectivity index (χ2n) is 4.14. The van der Waals surface area contributed by atoms with E-state index in [1.54, 1.807) is 0 Å². The predicted molar refractivity (Wildman–Crippen MR) is 63.6 cm³/mol. The minimum Gasteiger partial charge on any atom is -1.00 e. The Balaban J connectivity index is -0.000000187. The number of carbonyl (C=O) groups is 2. The van der Waals surface area contributed by atoms with Gasteiger partial charge in [0.2, 0.25) is 0 Å². The summed E-state index contributed by atoms with van der Waals surface area (Å²) in [5.41, 5.74) is 0. The zero-order valence-corrected chi connectivity index (χ0v) is 17.1. The van der Waals surface area contributed by atoms with E-state index in [0.29, 0.717) is 6.42 Å². The fraction of sp³-hybridized carbons (Fsp3) is 0.833. The molecule has 0 aromatic heterocycles. The summed E-state index contributed by atoms with van der Waals surface area (Å²) >= 11 is 0. The summed E-state index contributed by atoms with van der Waals surface area (Å²) in [4.78, 5) is 21.1. The molecule has 0 aromatic rings. The number of carboxylic acid groups (broad SMARTS) is 2. The van der Waals surface area contributed by atoms with E-state index in [2.05, 4.69) is 6.92 Å². The first-order valence-electron chi connectivity index (χ1n) is 6.05. The molecule has 98 valence electrons. The summed E-state index contributed by atoms with van der Waals surface area (Å²) in [6.07, 6.45) is 7.78. The first-order chi connectivity index (χ1) is 7.59. The average Bonchev–Trinajstić information content (AvgIpc) is 2.21. The Bertz CT molecular complexity index is 220. The van der Waals surface area contributed by atoms with Crippen molar-refractivity contribution in [2.24, 2.45) is 5.92 Å². The van der Waals surface area contributed by atoms with Crippen LogP contribution < -0.4 is 80.9 Å². The van der Waals surface area contributed by atoms with Gasteiger partial charge in [0.1, 0.15) is 0 Å². The van der Waals surface area contributed by atoms with Gasteiger partial charge in [0.15, 0.2) is 5.92 Å². The fourth-order valence-corrected chi connectivity index (χ4v) is 1.66. The summed E-state index contributed by atoms with van der Waals surface area (Å²) in [6.45, 7) is 2.16. The first kappa shape index (κ1) is 24.6. The van der Waals surface area contributed by atoms with Crippen molar-refractivity contribution in [3.8, 4) is 0 Å². The van der Waals surface area contributed by atoms with Gasteiger partial charge in [-0.05, 0) is 6.42 Å². The SMILES string of the molecule is CCCCCCCCCC(C(=O)O)C(=O)O.[H-].[H-].[K+].[Na+]. The van der Waals surface area contributed by atoms with Crippen LogP contribution in [0.15, 0.2) is 0 Å². The summed E-state index contributed by atoms with van der Waals surface area (Å²) in [5, 5.41) is 17.3. The van der Waals surface area contributed by atoms with Gasteiger partial charge in [0, 0.05) is 0 Å². The van der Waals surface area contributed by atoms with Crippen LogP contribution in [0.25, 0.3) is 0 Å². The molecule has 0 fully saturated rings. The van der Waals surface area contributed by atoms with Gasteiger partial charge < -0.3 is 13.1 Å². The van der Waals surface area contributed by atoms with Crippen LogP contribution >= 0.6 is 0 Å². The van der Waals surface area contributed by atoms with Crippen LogP contribution in [-0.4, -0.2) is 22.2 Å². The number of hydrogen-bond donors (Lipinski definition) is 2. The van der Waals surface area contributed by atoms with Gasteiger partial charge in [-0.2, -0.15) is 0 Å². The molecule has 0 radical (unpaired) electrons. The first-order valence-corrected chi connectivity index (χ1v) is 6.05. The number of hydrogen-bond acceptors (Lipinski definition) is 2. The standard InChI is InChI=1S/C12H22O4.K.Na.2H/c1-2-3-4-5-6-7-8-9-10(11(13)14)12(15)16;;;;/h10H,2-9H2,1H3,(H,13,14)(H,15,16);;;;/q;2*+1;2*-1. The van der Waals surface area contributed by atoms with Crippen molar-refractivity contribution in [1.82, 2.24) is 0 Å². The Morgan fingerprint density at radius 1 is 0.944 bits per heavy atom. The van der Waals surface area contributed by atoms with Gasteiger partial charge in [-0.15, -0.1) is 0 Å². The maximum atomic E-state index is 10.6. The molecule has 0 aromatic carbocycles. The van der Waals surface area contributed by atoms with E-state index in [9.17, 15) is 9.59 Å². The van der Waals surface area contributed by atoms with E-state index in [0.717, 1.165) is 12.8 Å². The molecule has 0 saturated carbocycles. The van der Waals surface area contributed by atoms with Gasteiger partial charge >= 0.3 is 92.9 Å². The van der Waals surface area contributed by atoms with Crippen molar-refractivity contribution < 1.29 is 104 Å². The third-order valence-corrected chi connectivity index (χ3v) is 2.69. The van der Waals surface area contributed by atoms with Crippen LogP contribution in [0.5, 0.6) is 0 Å². The normalized spacial score (nSPS) is 9.44. The van der Waals surface area contributed by atoms with Gasteiger partial charge in [-0.3, -0.25) is 9.59 Å². The number of unbranched alkanes of at least 4 members (excludes halogenated alkanes) is 6. The van der Waals surface area contributed by atoms with E-state index >= 15 is 0 Å². The van der Waals surface area contributed by atoms with Crippen LogP contribution in [0.4, 0.5) is 0 Å². The Labute approximate surface area is 177 Å². The maximum absolute atomic E-state index is 10.6. The monoisotopic (exact) mass is 294 g/mol. The molecule has 0 aliphatic carbocycles. The summed E-state index contributed by atoms with van der Waals surface area (Å²) in [6, 6.07) is 0. The van der Waals surface area contributed by atoms with E-state index < -0.39 is 17.9 Å². The van der Waals surface area contributed by atoms with Crippen LogP contribution in [-0.2, 0) is 9.59 Å². The van der Waals surface area contributed by atoms with Crippen LogP contribution in [0.3, 0.4) is 0 Å². The molecular weight excluding hydrogens is 270 g/mol. The zero-order chi connectivity index (χ0) is 12.4. The number of aliphatic carboxylic acids is 2. The molecule has 18 heavy (non-hydrogen) atoms. The van der Waals surface area contributed by atoms with Crippen LogP contribution in [0.1, 0.15) is 61.1 Å². The van der Waals surface area contributed by atoms with E-state index in [1.165, 1.54) is 25.7 Å². The zero-order valence-electron chi connectivity index (χ0n) is 13.9. The molecule has 4 nitrogen and oxygen atoms in total. The second-order valence-corrected chi connectivity index (χ2v) is 4.14. The van der Waals surface area contributed by atoms with Crippen molar-refractivity contribution in [2.75, 3.05) is 0 Å². The minimum atomic E-state index is -1.23. The second kappa shape index (κ2) is 16.6. The summed E-state index contributed by atoms with van der Waals surface area (Å²) in [7, 11) is 0.